The highest BCUT2D eigenvalue weighted by Crippen LogP contribution is 2.24. The maximum absolute atomic E-state index is 4.28. The zero-order valence-electron chi connectivity index (χ0n) is 9.28. The van der Waals surface area contributed by atoms with Crippen molar-refractivity contribution in [3.63, 3.8) is 0 Å². The first kappa shape index (κ1) is 10.2. The number of benzene rings is 1. The van der Waals surface area contributed by atoms with Crippen molar-refractivity contribution in [2.45, 2.75) is 31.7 Å². The maximum Gasteiger partial charge on any atom is 0.0582 e. The van der Waals surface area contributed by atoms with Crippen LogP contribution in [0, 0.1) is 0 Å². The lowest BCUT2D eigenvalue weighted by Crippen LogP contribution is -2.35. The summed E-state index contributed by atoms with van der Waals surface area (Å²) >= 11 is 1.62. The van der Waals surface area contributed by atoms with E-state index < -0.39 is 0 Å². The van der Waals surface area contributed by atoms with E-state index in [2.05, 4.69) is 27.9 Å². The Bertz CT molecular complexity index is 471. The zero-order chi connectivity index (χ0) is 10.8. The third-order valence-electron chi connectivity index (χ3n) is 3.34. The Morgan fingerprint density at radius 1 is 1.38 bits per heavy atom. The lowest BCUT2D eigenvalue weighted by molar-refractivity contribution is 0.400. The second-order valence-electron chi connectivity index (χ2n) is 4.51. The molecule has 0 bridgehead atoms. The van der Waals surface area contributed by atoms with Crippen molar-refractivity contribution >= 4 is 21.6 Å². The number of hydrogen-bond donors (Lipinski definition) is 1. The van der Waals surface area contributed by atoms with Crippen molar-refractivity contribution in [3.05, 3.63) is 30.0 Å². The summed E-state index contributed by atoms with van der Waals surface area (Å²) in [5, 5.41) is 4.90. The fraction of sp³-hybridized carbons (Fsp3) is 0.462. The van der Waals surface area contributed by atoms with Gasteiger partial charge in [0.1, 0.15) is 0 Å². The fourth-order valence-electron chi connectivity index (χ4n) is 2.48. The molecular weight excluding hydrogens is 216 g/mol. The largest absolute Gasteiger partial charge is 0.314 e. The molecule has 2 nitrogen and oxygen atoms in total. The Hall–Kier alpha value is -0.930. The normalized spacial score (nSPS) is 21.4. The van der Waals surface area contributed by atoms with Crippen LogP contribution in [0.4, 0.5) is 0 Å². The first-order chi connectivity index (χ1) is 7.93. The van der Waals surface area contributed by atoms with E-state index in [0.717, 1.165) is 6.42 Å². The molecule has 1 N–H and O–H groups in total. The number of nitrogens with zero attached hydrogens (tertiary/aromatic N) is 1. The predicted molar refractivity (Wildman–Crippen MR) is 69.0 cm³/mol. The molecule has 3 heteroatoms. The minimum Gasteiger partial charge on any atom is -0.314 e. The third kappa shape index (κ3) is 1.97. The molecule has 0 radical (unpaired) electrons. The van der Waals surface area contributed by atoms with Crippen molar-refractivity contribution < 1.29 is 0 Å². The van der Waals surface area contributed by atoms with Crippen molar-refractivity contribution in [1.29, 1.82) is 0 Å². The Kier molecular flexibility index (Phi) is 2.89. The number of nitrogens with one attached hydrogen (secondary N) is 1. The molecule has 1 unspecified atom stereocenters. The van der Waals surface area contributed by atoms with Gasteiger partial charge in [0.15, 0.2) is 0 Å². The van der Waals surface area contributed by atoms with Gasteiger partial charge >= 0.3 is 0 Å². The standard InChI is InChI=1S/C13H16N2S/c1-2-7-14-12(6-1)8-10-4-3-5-11-9-15-16-13(10)11/h3-5,9,12,14H,1-2,6-8H2. The van der Waals surface area contributed by atoms with Gasteiger partial charge in [-0.25, -0.2) is 0 Å². The van der Waals surface area contributed by atoms with Gasteiger partial charge < -0.3 is 5.32 Å². The van der Waals surface area contributed by atoms with E-state index in [1.54, 1.807) is 11.5 Å². The zero-order valence-corrected chi connectivity index (χ0v) is 10.1. The average Bonchev–Trinajstić information content (AvgIpc) is 2.80. The van der Waals surface area contributed by atoms with Crippen LogP contribution < -0.4 is 5.32 Å². The van der Waals surface area contributed by atoms with Crippen LogP contribution in [0.25, 0.3) is 10.1 Å². The van der Waals surface area contributed by atoms with E-state index in [0.29, 0.717) is 6.04 Å². The van der Waals surface area contributed by atoms with Crippen LogP contribution in [0.1, 0.15) is 24.8 Å². The topological polar surface area (TPSA) is 24.9 Å². The highest BCUT2D eigenvalue weighted by atomic mass is 32.1. The summed E-state index contributed by atoms with van der Waals surface area (Å²) in [7, 11) is 0. The number of hydrogen-bond acceptors (Lipinski definition) is 3. The maximum atomic E-state index is 4.28. The van der Waals surface area contributed by atoms with Crippen LogP contribution >= 0.6 is 11.5 Å². The molecule has 84 valence electrons. The average molecular weight is 232 g/mol. The SMILES string of the molecule is c1cc(CC2CCCCN2)c2sncc2c1. The van der Waals surface area contributed by atoms with Gasteiger partial charge in [0, 0.05) is 17.6 Å². The number of aromatic nitrogens is 1. The van der Waals surface area contributed by atoms with Crippen LogP contribution in [0.5, 0.6) is 0 Å². The molecule has 2 aromatic rings. The quantitative estimate of drug-likeness (QED) is 0.861. The van der Waals surface area contributed by atoms with E-state index in [-0.39, 0.29) is 0 Å². The summed E-state index contributed by atoms with van der Waals surface area (Å²) in [5.41, 5.74) is 1.46. The van der Waals surface area contributed by atoms with E-state index in [4.69, 9.17) is 0 Å². The molecule has 0 saturated carbocycles. The Morgan fingerprint density at radius 3 is 3.25 bits per heavy atom. The Balaban J connectivity index is 1.85. The predicted octanol–water partition coefficient (Wildman–Crippen LogP) is 2.98. The van der Waals surface area contributed by atoms with Crippen molar-refractivity contribution in [3.8, 4) is 0 Å². The molecule has 1 aromatic carbocycles. The van der Waals surface area contributed by atoms with Crippen LogP contribution in [-0.4, -0.2) is 17.0 Å². The second kappa shape index (κ2) is 4.52. The van der Waals surface area contributed by atoms with Gasteiger partial charge in [-0.05, 0) is 42.9 Å². The highest BCUT2D eigenvalue weighted by Gasteiger charge is 2.14. The third-order valence-corrected chi connectivity index (χ3v) is 4.23. The van der Waals surface area contributed by atoms with Crippen LogP contribution in [0.2, 0.25) is 0 Å². The summed E-state index contributed by atoms with van der Waals surface area (Å²) in [6.45, 7) is 1.18. The first-order valence-corrected chi connectivity index (χ1v) is 6.76. The van der Waals surface area contributed by atoms with Crippen molar-refractivity contribution in [1.82, 2.24) is 9.69 Å². The van der Waals surface area contributed by atoms with Crippen LogP contribution in [-0.2, 0) is 6.42 Å². The molecule has 2 heterocycles. The summed E-state index contributed by atoms with van der Waals surface area (Å²) in [6.07, 6.45) is 7.14. The summed E-state index contributed by atoms with van der Waals surface area (Å²) in [6, 6.07) is 7.21. The summed E-state index contributed by atoms with van der Waals surface area (Å²) in [4.78, 5) is 0. The molecule has 1 aromatic heterocycles. The van der Waals surface area contributed by atoms with Gasteiger partial charge in [-0.3, -0.25) is 0 Å². The van der Waals surface area contributed by atoms with Gasteiger partial charge in [-0.1, -0.05) is 24.6 Å². The molecule has 1 aliphatic heterocycles. The minimum atomic E-state index is 0.668. The molecule has 0 amide bonds. The smallest absolute Gasteiger partial charge is 0.0582 e. The van der Waals surface area contributed by atoms with Gasteiger partial charge in [0.25, 0.3) is 0 Å². The monoisotopic (exact) mass is 232 g/mol. The minimum absolute atomic E-state index is 0.668. The molecule has 1 aliphatic rings. The molecule has 1 saturated heterocycles. The summed E-state index contributed by atoms with van der Waals surface area (Å²) in [5.74, 6) is 0. The molecule has 16 heavy (non-hydrogen) atoms. The van der Waals surface area contributed by atoms with Crippen LogP contribution in [0.15, 0.2) is 24.4 Å². The molecular formula is C13H16N2S. The molecule has 1 fully saturated rings. The van der Waals surface area contributed by atoms with Gasteiger partial charge in [-0.15, -0.1) is 0 Å². The van der Waals surface area contributed by atoms with E-state index in [1.165, 1.54) is 41.5 Å². The lowest BCUT2D eigenvalue weighted by Gasteiger charge is -2.23. The highest BCUT2D eigenvalue weighted by molar-refractivity contribution is 7.13. The van der Waals surface area contributed by atoms with Crippen molar-refractivity contribution in [2.75, 3.05) is 6.54 Å². The second-order valence-corrected chi connectivity index (χ2v) is 5.31. The number of fused-ring (bicyclic) bond motifs is 1. The van der Waals surface area contributed by atoms with Gasteiger partial charge in [0.2, 0.25) is 0 Å². The molecule has 0 aliphatic carbocycles. The number of piperidine rings is 1. The van der Waals surface area contributed by atoms with E-state index in [9.17, 15) is 0 Å². The van der Waals surface area contributed by atoms with E-state index in [1.807, 2.05) is 6.20 Å². The fourth-order valence-corrected chi connectivity index (χ4v) is 3.24. The van der Waals surface area contributed by atoms with Gasteiger partial charge in [-0.2, -0.15) is 4.37 Å². The Morgan fingerprint density at radius 2 is 2.38 bits per heavy atom. The summed E-state index contributed by atoms with van der Waals surface area (Å²) < 4.78 is 5.65. The molecule has 0 spiro atoms. The van der Waals surface area contributed by atoms with E-state index >= 15 is 0 Å². The van der Waals surface area contributed by atoms with Gasteiger partial charge in [0.05, 0.1) is 4.70 Å². The van der Waals surface area contributed by atoms with Crippen molar-refractivity contribution in [2.24, 2.45) is 0 Å². The molecule has 1 atom stereocenters. The lowest BCUT2D eigenvalue weighted by atomic mass is 9.97. The first-order valence-electron chi connectivity index (χ1n) is 5.99. The number of rotatable bonds is 2. The Labute approximate surface area is 99.8 Å². The molecule has 3 rings (SSSR count). The van der Waals surface area contributed by atoms with Crippen LogP contribution in [0.3, 0.4) is 0 Å².